The van der Waals surface area contributed by atoms with Crippen LogP contribution in [0.2, 0.25) is 0 Å². The molecule has 166 valence electrons. The van der Waals surface area contributed by atoms with Crippen LogP contribution in [0.5, 0.6) is 0 Å². The number of hydrogen-bond donors (Lipinski definition) is 2. The van der Waals surface area contributed by atoms with Crippen molar-refractivity contribution in [3.05, 3.63) is 85.0 Å². The Hall–Kier alpha value is -4.25. The zero-order valence-corrected chi connectivity index (χ0v) is 19.4. The van der Waals surface area contributed by atoms with Gasteiger partial charge >= 0.3 is 0 Å². The molecule has 34 heavy (non-hydrogen) atoms. The Morgan fingerprint density at radius 2 is 1.35 bits per heavy atom. The van der Waals surface area contributed by atoms with Gasteiger partial charge in [0, 0.05) is 34.8 Å². The zero-order chi connectivity index (χ0) is 23.2. The standard InChI is InChI=1S/C29H25N5/c1-4-5-28-31-15-26(33-28)18-6-9-21-20-8-7-19(27-16-32-29(34-27)17(2)3)12-23(20)22-10-11-30-14-25(22)24(21)13-18/h4-17H,1-3H3,(H,31,33)(H,32,34)/b5-4+. The molecule has 6 rings (SSSR count). The molecule has 0 bridgehead atoms. The third kappa shape index (κ3) is 3.28. The van der Waals surface area contributed by atoms with E-state index in [9.17, 15) is 0 Å². The molecule has 0 aliphatic heterocycles. The van der Waals surface area contributed by atoms with Gasteiger partial charge in [-0.25, -0.2) is 9.97 Å². The number of hydrogen-bond acceptors (Lipinski definition) is 3. The number of aromatic nitrogens is 5. The summed E-state index contributed by atoms with van der Waals surface area (Å²) >= 11 is 0. The summed E-state index contributed by atoms with van der Waals surface area (Å²) < 4.78 is 0. The SMILES string of the molecule is C/C=C/c1ncc(-c2ccc3c4ccc(-c5cnc(C(C)C)[nH]5)cc4c4ccncc4c3c2)[nH]1. The minimum atomic E-state index is 0.364. The highest BCUT2D eigenvalue weighted by Gasteiger charge is 2.13. The maximum atomic E-state index is 4.56. The monoisotopic (exact) mass is 443 g/mol. The van der Waals surface area contributed by atoms with Crippen LogP contribution in [0.25, 0.3) is 60.9 Å². The lowest BCUT2D eigenvalue weighted by molar-refractivity contribution is 0.795. The van der Waals surface area contributed by atoms with Gasteiger partial charge < -0.3 is 9.97 Å². The van der Waals surface area contributed by atoms with Crippen molar-refractivity contribution in [2.75, 3.05) is 0 Å². The van der Waals surface area contributed by atoms with Crippen molar-refractivity contribution in [2.45, 2.75) is 26.7 Å². The Morgan fingerprint density at radius 3 is 2.03 bits per heavy atom. The maximum Gasteiger partial charge on any atom is 0.130 e. The maximum absolute atomic E-state index is 4.56. The second kappa shape index (κ2) is 7.96. The summed E-state index contributed by atoms with van der Waals surface area (Å²) in [6.45, 7) is 6.28. The number of fused-ring (bicyclic) bond motifs is 6. The number of H-pyrrole nitrogens is 2. The summed E-state index contributed by atoms with van der Waals surface area (Å²) in [6.07, 6.45) is 11.6. The predicted molar refractivity (Wildman–Crippen MR) is 141 cm³/mol. The smallest absolute Gasteiger partial charge is 0.130 e. The molecule has 3 aromatic carbocycles. The molecule has 0 atom stereocenters. The molecule has 0 saturated carbocycles. The molecular weight excluding hydrogens is 418 g/mol. The second-order valence-corrected chi connectivity index (χ2v) is 8.96. The Kier molecular flexibility index (Phi) is 4.77. The summed E-state index contributed by atoms with van der Waals surface area (Å²) in [5.41, 5.74) is 4.28. The topological polar surface area (TPSA) is 70.2 Å². The summed E-state index contributed by atoms with van der Waals surface area (Å²) in [5, 5.41) is 7.18. The fraction of sp³-hybridized carbons (Fsp3) is 0.138. The van der Waals surface area contributed by atoms with Gasteiger partial charge in [-0.2, -0.15) is 0 Å². The molecule has 6 aromatic rings. The molecule has 5 heteroatoms. The molecule has 3 aromatic heterocycles. The van der Waals surface area contributed by atoms with E-state index < -0.39 is 0 Å². The molecule has 2 N–H and O–H groups in total. The Morgan fingerprint density at radius 1 is 0.706 bits per heavy atom. The van der Waals surface area contributed by atoms with Gasteiger partial charge in [0.2, 0.25) is 0 Å². The molecule has 0 aliphatic rings. The highest BCUT2D eigenvalue weighted by molar-refractivity contribution is 6.26. The van der Waals surface area contributed by atoms with Gasteiger partial charge in [0.15, 0.2) is 0 Å². The lowest BCUT2D eigenvalue weighted by atomic mass is 9.92. The van der Waals surface area contributed by atoms with E-state index in [4.69, 9.17) is 0 Å². The van der Waals surface area contributed by atoms with E-state index in [0.717, 1.165) is 39.5 Å². The van der Waals surface area contributed by atoms with Gasteiger partial charge in [-0.05, 0) is 58.1 Å². The van der Waals surface area contributed by atoms with Crippen LogP contribution in [0.1, 0.15) is 38.3 Å². The second-order valence-electron chi connectivity index (χ2n) is 8.96. The predicted octanol–water partition coefficient (Wildman–Crippen LogP) is 7.48. The Bertz CT molecular complexity index is 1680. The number of allylic oxidation sites excluding steroid dienone is 1. The first-order chi connectivity index (χ1) is 16.6. The molecular formula is C29H25N5. The fourth-order valence-electron chi connectivity index (χ4n) is 4.69. The van der Waals surface area contributed by atoms with Crippen molar-refractivity contribution >= 4 is 38.4 Å². The van der Waals surface area contributed by atoms with Crippen LogP contribution in [0, 0.1) is 0 Å². The van der Waals surface area contributed by atoms with Gasteiger partial charge in [0.1, 0.15) is 11.6 Å². The van der Waals surface area contributed by atoms with Crippen LogP contribution in [0.4, 0.5) is 0 Å². The number of rotatable bonds is 4. The lowest BCUT2D eigenvalue weighted by Gasteiger charge is -2.12. The first-order valence-corrected chi connectivity index (χ1v) is 11.6. The van der Waals surface area contributed by atoms with Crippen LogP contribution >= 0.6 is 0 Å². The summed E-state index contributed by atoms with van der Waals surface area (Å²) in [4.78, 5) is 20.4. The zero-order valence-electron chi connectivity index (χ0n) is 19.4. The first kappa shape index (κ1) is 20.4. The first-order valence-electron chi connectivity index (χ1n) is 11.6. The highest BCUT2D eigenvalue weighted by Crippen LogP contribution is 2.38. The van der Waals surface area contributed by atoms with Gasteiger partial charge in [-0.15, -0.1) is 0 Å². The van der Waals surface area contributed by atoms with Gasteiger partial charge in [0.25, 0.3) is 0 Å². The van der Waals surface area contributed by atoms with Crippen molar-refractivity contribution in [3.63, 3.8) is 0 Å². The van der Waals surface area contributed by atoms with Crippen molar-refractivity contribution < 1.29 is 0 Å². The number of imidazole rings is 2. The van der Waals surface area contributed by atoms with E-state index in [1.54, 1.807) is 0 Å². The molecule has 0 amide bonds. The van der Waals surface area contributed by atoms with Crippen molar-refractivity contribution in [1.82, 2.24) is 24.9 Å². The van der Waals surface area contributed by atoms with Gasteiger partial charge in [0.05, 0.1) is 23.8 Å². The molecule has 0 spiro atoms. The van der Waals surface area contributed by atoms with E-state index in [2.05, 4.69) is 81.2 Å². The summed E-state index contributed by atoms with van der Waals surface area (Å²) in [7, 11) is 0. The van der Waals surface area contributed by atoms with E-state index in [-0.39, 0.29) is 0 Å². The van der Waals surface area contributed by atoms with Crippen LogP contribution in [0.15, 0.2) is 73.3 Å². The molecule has 0 unspecified atom stereocenters. The number of pyridine rings is 1. The Labute approximate surface area is 197 Å². The minimum Gasteiger partial charge on any atom is -0.342 e. The van der Waals surface area contributed by atoms with Gasteiger partial charge in [-0.3, -0.25) is 4.98 Å². The third-order valence-corrected chi connectivity index (χ3v) is 6.42. The Balaban J connectivity index is 1.58. The molecule has 5 nitrogen and oxygen atoms in total. The number of nitrogens with zero attached hydrogens (tertiary/aromatic N) is 3. The van der Waals surface area contributed by atoms with E-state index in [1.165, 1.54) is 26.9 Å². The van der Waals surface area contributed by atoms with Gasteiger partial charge in [-0.1, -0.05) is 44.2 Å². The van der Waals surface area contributed by atoms with Crippen LogP contribution in [-0.2, 0) is 0 Å². The van der Waals surface area contributed by atoms with E-state index >= 15 is 0 Å². The van der Waals surface area contributed by atoms with E-state index in [1.807, 2.05) is 43.9 Å². The van der Waals surface area contributed by atoms with Crippen LogP contribution in [0.3, 0.4) is 0 Å². The van der Waals surface area contributed by atoms with Crippen molar-refractivity contribution in [3.8, 4) is 22.5 Å². The van der Waals surface area contributed by atoms with E-state index in [0.29, 0.717) is 5.92 Å². The molecule has 0 radical (unpaired) electrons. The number of benzene rings is 3. The summed E-state index contributed by atoms with van der Waals surface area (Å²) in [5.74, 6) is 2.23. The average Bonchev–Trinajstić information content (AvgIpc) is 3.54. The number of nitrogens with one attached hydrogen (secondary N) is 2. The van der Waals surface area contributed by atoms with Crippen LogP contribution in [-0.4, -0.2) is 24.9 Å². The summed E-state index contributed by atoms with van der Waals surface area (Å²) in [6, 6.07) is 15.4. The molecule has 0 aliphatic carbocycles. The lowest BCUT2D eigenvalue weighted by Crippen LogP contribution is -1.90. The van der Waals surface area contributed by atoms with Crippen molar-refractivity contribution in [2.24, 2.45) is 0 Å². The molecule has 0 saturated heterocycles. The third-order valence-electron chi connectivity index (χ3n) is 6.42. The average molecular weight is 444 g/mol. The largest absolute Gasteiger partial charge is 0.342 e. The van der Waals surface area contributed by atoms with Crippen LogP contribution < -0.4 is 0 Å². The van der Waals surface area contributed by atoms with Crippen molar-refractivity contribution in [1.29, 1.82) is 0 Å². The normalized spacial score (nSPS) is 12.1. The molecule has 0 fully saturated rings. The number of aromatic amines is 2. The minimum absolute atomic E-state index is 0.364. The highest BCUT2D eigenvalue weighted by atomic mass is 14.9. The molecule has 3 heterocycles. The quantitative estimate of drug-likeness (QED) is 0.278. The fourth-order valence-corrected chi connectivity index (χ4v) is 4.69.